The fourth-order valence-electron chi connectivity index (χ4n) is 1.19. The Morgan fingerprint density at radius 2 is 2.31 bits per heavy atom. The van der Waals surface area contributed by atoms with Crippen LogP contribution in [0.25, 0.3) is 0 Å². The minimum absolute atomic E-state index is 0.267. The minimum atomic E-state index is -0.267. The molecule has 0 fully saturated rings. The van der Waals surface area contributed by atoms with Crippen LogP contribution in [-0.4, -0.2) is 18.1 Å². The van der Waals surface area contributed by atoms with Crippen molar-refractivity contribution in [3.05, 3.63) is 34.6 Å². The Labute approximate surface area is 105 Å². The summed E-state index contributed by atoms with van der Waals surface area (Å²) < 4.78 is 13.3. The smallest absolute Gasteiger partial charge is 0.129 e. The third kappa shape index (κ3) is 4.44. The maximum Gasteiger partial charge on any atom is 0.129 e. The highest BCUT2D eigenvalue weighted by molar-refractivity contribution is 7.99. The lowest BCUT2D eigenvalue weighted by Gasteiger charge is -2.07. The van der Waals surface area contributed by atoms with Gasteiger partial charge in [0.2, 0.25) is 0 Å². The number of hydrogen-bond donors (Lipinski definition) is 1. The van der Waals surface area contributed by atoms with Gasteiger partial charge in [-0.1, -0.05) is 23.6 Å². The molecule has 0 saturated carbocycles. The zero-order valence-corrected chi connectivity index (χ0v) is 10.4. The molecular formula is C12H13ClFNS. The molecule has 0 saturated heterocycles. The molecule has 0 aliphatic rings. The van der Waals surface area contributed by atoms with Crippen molar-refractivity contribution in [2.75, 3.05) is 18.1 Å². The van der Waals surface area contributed by atoms with Crippen LogP contribution in [0.4, 0.5) is 4.39 Å². The van der Waals surface area contributed by atoms with Gasteiger partial charge >= 0.3 is 0 Å². The van der Waals surface area contributed by atoms with Gasteiger partial charge in [-0.15, -0.1) is 18.2 Å². The lowest BCUT2D eigenvalue weighted by molar-refractivity contribution is 0.594. The van der Waals surface area contributed by atoms with Crippen molar-refractivity contribution in [2.45, 2.75) is 6.54 Å². The van der Waals surface area contributed by atoms with Gasteiger partial charge in [-0.05, 0) is 12.1 Å². The Morgan fingerprint density at radius 1 is 1.50 bits per heavy atom. The number of halogens is 2. The van der Waals surface area contributed by atoms with E-state index in [0.29, 0.717) is 22.9 Å². The molecule has 0 radical (unpaired) electrons. The van der Waals surface area contributed by atoms with Crippen molar-refractivity contribution < 1.29 is 4.39 Å². The van der Waals surface area contributed by atoms with E-state index in [1.165, 1.54) is 6.07 Å². The highest BCUT2D eigenvalue weighted by Gasteiger charge is 2.05. The van der Waals surface area contributed by atoms with E-state index in [-0.39, 0.29) is 5.82 Å². The summed E-state index contributed by atoms with van der Waals surface area (Å²) in [6, 6.07) is 4.70. The molecule has 0 atom stereocenters. The lowest BCUT2D eigenvalue weighted by Crippen LogP contribution is -2.17. The van der Waals surface area contributed by atoms with Crippen LogP contribution in [0.2, 0.25) is 5.02 Å². The average molecular weight is 258 g/mol. The van der Waals surface area contributed by atoms with Gasteiger partial charge < -0.3 is 5.32 Å². The van der Waals surface area contributed by atoms with Gasteiger partial charge in [0.25, 0.3) is 0 Å². The SMILES string of the molecule is C#CCSCCNCc1c(F)cccc1Cl. The molecule has 86 valence electrons. The first-order chi connectivity index (χ1) is 7.75. The number of terminal acetylenes is 1. The maximum absolute atomic E-state index is 13.3. The Morgan fingerprint density at radius 3 is 3.00 bits per heavy atom. The van der Waals surface area contributed by atoms with Gasteiger partial charge in [0.05, 0.1) is 5.75 Å². The fraction of sp³-hybridized carbons (Fsp3) is 0.333. The molecule has 0 aliphatic carbocycles. The molecule has 1 aromatic carbocycles. The topological polar surface area (TPSA) is 12.0 Å². The highest BCUT2D eigenvalue weighted by atomic mass is 35.5. The Bertz CT molecular complexity index is 356. The predicted octanol–water partition coefficient (Wildman–Crippen LogP) is 2.94. The van der Waals surface area contributed by atoms with Gasteiger partial charge in [0.1, 0.15) is 5.82 Å². The first-order valence-corrected chi connectivity index (χ1v) is 6.43. The van der Waals surface area contributed by atoms with Crippen LogP contribution in [0.15, 0.2) is 18.2 Å². The monoisotopic (exact) mass is 257 g/mol. The molecule has 0 amide bonds. The Kier molecular flexibility index (Phi) is 6.32. The molecule has 4 heteroatoms. The molecule has 0 aromatic heterocycles. The quantitative estimate of drug-likeness (QED) is 0.621. The van der Waals surface area contributed by atoms with Gasteiger partial charge in [-0.2, -0.15) is 0 Å². The minimum Gasteiger partial charge on any atom is -0.312 e. The first-order valence-electron chi connectivity index (χ1n) is 4.90. The van der Waals surface area contributed by atoms with Crippen LogP contribution in [0.1, 0.15) is 5.56 Å². The van der Waals surface area contributed by atoms with Crippen molar-refractivity contribution >= 4 is 23.4 Å². The summed E-state index contributed by atoms with van der Waals surface area (Å²) in [6.07, 6.45) is 5.12. The average Bonchev–Trinajstić information content (AvgIpc) is 2.26. The van der Waals surface area contributed by atoms with E-state index in [9.17, 15) is 4.39 Å². The number of benzene rings is 1. The van der Waals surface area contributed by atoms with E-state index >= 15 is 0 Å². The van der Waals surface area contributed by atoms with Crippen LogP contribution < -0.4 is 5.32 Å². The van der Waals surface area contributed by atoms with Crippen LogP contribution in [0.5, 0.6) is 0 Å². The number of nitrogens with one attached hydrogen (secondary N) is 1. The highest BCUT2D eigenvalue weighted by Crippen LogP contribution is 2.18. The van der Waals surface area contributed by atoms with Gasteiger partial charge in [-0.3, -0.25) is 0 Å². The van der Waals surface area contributed by atoms with Crippen molar-refractivity contribution in [1.82, 2.24) is 5.32 Å². The van der Waals surface area contributed by atoms with E-state index in [0.717, 1.165) is 12.3 Å². The zero-order valence-electron chi connectivity index (χ0n) is 8.80. The van der Waals surface area contributed by atoms with Crippen molar-refractivity contribution in [2.24, 2.45) is 0 Å². The second-order valence-electron chi connectivity index (χ2n) is 3.13. The summed E-state index contributed by atoms with van der Waals surface area (Å²) in [5, 5.41) is 3.59. The number of rotatable bonds is 6. The fourth-order valence-corrected chi connectivity index (χ4v) is 1.97. The van der Waals surface area contributed by atoms with Gasteiger partial charge in [0, 0.05) is 29.4 Å². The molecule has 0 spiro atoms. The molecule has 1 N–H and O–H groups in total. The van der Waals surface area contributed by atoms with Crippen LogP contribution >= 0.6 is 23.4 Å². The van der Waals surface area contributed by atoms with E-state index in [1.54, 1.807) is 23.9 Å². The van der Waals surface area contributed by atoms with Gasteiger partial charge in [-0.25, -0.2) is 4.39 Å². The summed E-state index contributed by atoms with van der Waals surface area (Å²) in [7, 11) is 0. The predicted molar refractivity (Wildman–Crippen MR) is 69.3 cm³/mol. The van der Waals surface area contributed by atoms with E-state index < -0.39 is 0 Å². The summed E-state index contributed by atoms with van der Waals surface area (Å²) in [6.45, 7) is 1.24. The lowest BCUT2D eigenvalue weighted by atomic mass is 10.2. The molecule has 16 heavy (non-hydrogen) atoms. The number of hydrogen-bond acceptors (Lipinski definition) is 2. The maximum atomic E-state index is 13.3. The van der Waals surface area contributed by atoms with Crippen LogP contribution in [-0.2, 0) is 6.54 Å². The summed E-state index contributed by atoms with van der Waals surface area (Å²) >= 11 is 7.55. The molecule has 0 bridgehead atoms. The second kappa shape index (κ2) is 7.56. The van der Waals surface area contributed by atoms with E-state index in [4.69, 9.17) is 18.0 Å². The molecule has 1 aromatic rings. The standard InChI is InChI=1S/C12H13ClFNS/c1-2-7-16-8-6-15-9-10-11(13)4-3-5-12(10)14/h1,3-5,15H,6-9H2. The molecule has 0 heterocycles. The van der Waals surface area contributed by atoms with Crippen molar-refractivity contribution in [1.29, 1.82) is 0 Å². The van der Waals surface area contributed by atoms with Gasteiger partial charge in [0.15, 0.2) is 0 Å². The van der Waals surface area contributed by atoms with Crippen LogP contribution in [0, 0.1) is 18.2 Å². The van der Waals surface area contributed by atoms with Crippen molar-refractivity contribution in [3.63, 3.8) is 0 Å². The second-order valence-corrected chi connectivity index (χ2v) is 4.65. The normalized spacial score (nSPS) is 10.1. The van der Waals surface area contributed by atoms with E-state index in [2.05, 4.69) is 11.2 Å². The Balaban J connectivity index is 2.30. The van der Waals surface area contributed by atoms with Crippen LogP contribution in [0.3, 0.4) is 0 Å². The molecule has 1 rings (SSSR count). The zero-order chi connectivity index (χ0) is 11.8. The van der Waals surface area contributed by atoms with E-state index in [1.807, 2.05) is 0 Å². The summed E-state index contributed by atoms with van der Waals surface area (Å²) in [5.41, 5.74) is 0.520. The third-order valence-corrected chi connectivity index (χ3v) is 3.19. The summed E-state index contributed by atoms with van der Waals surface area (Å²) in [5.74, 6) is 3.90. The van der Waals surface area contributed by atoms with Crippen molar-refractivity contribution in [3.8, 4) is 12.3 Å². The summed E-state index contributed by atoms with van der Waals surface area (Å²) in [4.78, 5) is 0. The first kappa shape index (κ1) is 13.4. The third-order valence-electron chi connectivity index (χ3n) is 1.97. The molecule has 0 aliphatic heterocycles. The largest absolute Gasteiger partial charge is 0.312 e. The molecule has 1 nitrogen and oxygen atoms in total. The number of thioether (sulfide) groups is 1. The Hall–Kier alpha value is -0.690. The molecular weight excluding hydrogens is 245 g/mol. The molecule has 0 unspecified atom stereocenters.